The summed E-state index contributed by atoms with van der Waals surface area (Å²) >= 11 is 2.03. The summed E-state index contributed by atoms with van der Waals surface area (Å²) in [4.78, 5) is 2.40. The lowest BCUT2D eigenvalue weighted by molar-refractivity contribution is 0.270. The second-order valence-corrected chi connectivity index (χ2v) is 6.71. The molecule has 5 heteroatoms. The van der Waals surface area contributed by atoms with Crippen LogP contribution in [0, 0.1) is 11.6 Å². The molecule has 2 nitrogen and oxygen atoms in total. The highest BCUT2D eigenvalue weighted by atomic mass is 32.2. The summed E-state index contributed by atoms with van der Waals surface area (Å²) in [7, 11) is 0. The Morgan fingerprint density at radius 2 is 2.05 bits per heavy atom. The number of nitrogens with zero attached hydrogens (tertiary/aromatic N) is 1. The van der Waals surface area contributed by atoms with E-state index in [4.69, 9.17) is 5.73 Å². The quantitative estimate of drug-likeness (QED) is 0.905. The van der Waals surface area contributed by atoms with Crippen molar-refractivity contribution in [3.63, 3.8) is 0 Å². The fraction of sp³-hybridized carbons (Fsp3) is 0.600. The van der Waals surface area contributed by atoms with E-state index in [9.17, 15) is 8.78 Å². The lowest BCUT2D eigenvalue weighted by Gasteiger charge is -2.32. The molecular formula is C15H22F2N2S. The van der Waals surface area contributed by atoms with Gasteiger partial charge in [-0.25, -0.2) is 8.78 Å². The molecule has 0 spiro atoms. The molecule has 0 aliphatic carbocycles. The van der Waals surface area contributed by atoms with Crippen molar-refractivity contribution >= 4 is 11.8 Å². The Hall–Kier alpha value is -0.650. The molecule has 2 rings (SSSR count). The Bertz CT molecular complexity index is 422. The summed E-state index contributed by atoms with van der Waals surface area (Å²) in [5.74, 6) is 0.0363. The van der Waals surface area contributed by atoms with Crippen LogP contribution in [0.25, 0.3) is 0 Å². The van der Waals surface area contributed by atoms with E-state index < -0.39 is 11.6 Å². The Labute approximate surface area is 123 Å². The van der Waals surface area contributed by atoms with E-state index in [1.54, 1.807) is 0 Å². The normalized spacial score (nSPS) is 21.9. The molecule has 1 aliphatic rings. The van der Waals surface area contributed by atoms with Crippen LogP contribution >= 0.6 is 11.8 Å². The van der Waals surface area contributed by atoms with Gasteiger partial charge in [0.15, 0.2) is 0 Å². The molecule has 1 aliphatic heterocycles. The van der Waals surface area contributed by atoms with Crippen molar-refractivity contribution in [3.8, 4) is 0 Å². The van der Waals surface area contributed by atoms with Crippen molar-refractivity contribution in [1.82, 2.24) is 4.90 Å². The Kier molecular flexibility index (Phi) is 5.81. The maximum absolute atomic E-state index is 13.2. The zero-order valence-corrected chi connectivity index (χ0v) is 12.6. The molecule has 1 heterocycles. The number of hydrogen-bond donors (Lipinski definition) is 1. The summed E-state index contributed by atoms with van der Waals surface area (Å²) in [5, 5.41) is 0.701. The highest BCUT2D eigenvalue weighted by Gasteiger charge is 2.19. The molecule has 0 bridgehead atoms. The maximum Gasteiger partial charge on any atom is 0.126 e. The zero-order valence-electron chi connectivity index (χ0n) is 11.8. The van der Waals surface area contributed by atoms with Crippen molar-refractivity contribution in [1.29, 1.82) is 0 Å². The molecule has 0 radical (unpaired) electrons. The van der Waals surface area contributed by atoms with Crippen LogP contribution in [0.1, 0.15) is 31.4 Å². The van der Waals surface area contributed by atoms with Gasteiger partial charge < -0.3 is 10.6 Å². The minimum absolute atomic E-state index is 0.310. The third kappa shape index (κ3) is 4.43. The molecule has 0 saturated carbocycles. The molecule has 2 unspecified atom stereocenters. The predicted molar refractivity (Wildman–Crippen MR) is 80.9 cm³/mol. The van der Waals surface area contributed by atoms with E-state index in [-0.39, 0.29) is 6.04 Å². The highest BCUT2D eigenvalue weighted by Crippen LogP contribution is 2.23. The van der Waals surface area contributed by atoms with Crippen LogP contribution in [-0.4, -0.2) is 35.5 Å². The van der Waals surface area contributed by atoms with Gasteiger partial charge in [-0.05, 0) is 30.5 Å². The van der Waals surface area contributed by atoms with Gasteiger partial charge in [0, 0.05) is 42.7 Å². The molecule has 0 aromatic heterocycles. The lowest BCUT2D eigenvalue weighted by Crippen LogP contribution is -2.39. The number of rotatable bonds is 5. The van der Waals surface area contributed by atoms with Gasteiger partial charge in [0.1, 0.15) is 11.6 Å². The van der Waals surface area contributed by atoms with E-state index in [1.807, 2.05) is 11.8 Å². The molecule has 1 aromatic carbocycles. The van der Waals surface area contributed by atoms with Gasteiger partial charge >= 0.3 is 0 Å². The lowest BCUT2D eigenvalue weighted by atomic mass is 10.0. The first kappa shape index (κ1) is 15.7. The summed E-state index contributed by atoms with van der Waals surface area (Å²) in [6.45, 7) is 5.26. The van der Waals surface area contributed by atoms with Crippen LogP contribution in [0.4, 0.5) is 8.78 Å². The average Bonchev–Trinajstić information content (AvgIpc) is 2.44. The summed E-state index contributed by atoms with van der Waals surface area (Å²) in [5.41, 5.74) is 6.59. The van der Waals surface area contributed by atoms with Crippen LogP contribution in [-0.2, 0) is 0 Å². The fourth-order valence-corrected chi connectivity index (χ4v) is 3.76. The molecular weight excluding hydrogens is 278 g/mol. The Balaban J connectivity index is 1.86. The van der Waals surface area contributed by atoms with Gasteiger partial charge in [0.2, 0.25) is 0 Å². The van der Waals surface area contributed by atoms with E-state index in [2.05, 4.69) is 11.8 Å². The number of benzene rings is 1. The number of thioether (sulfide) groups is 1. The Morgan fingerprint density at radius 3 is 2.70 bits per heavy atom. The van der Waals surface area contributed by atoms with E-state index in [0.717, 1.165) is 37.9 Å². The second kappa shape index (κ2) is 7.38. The van der Waals surface area contributed by atoms with Crippen LogP contribution in [0.3, 0.4) is 0 Å². The summed E-state index contributed by atoms with van der Waals surface area (Å²) < 4.78 is 26.3. The second-order valence-electron chi connectivity index (χ2n) is 5.30. The molecule has 1 saturated heterocycles. The van der Waals surface area contributed by atoms with Gasteiger partial charge in [-0.3, -0.25) is 0 Å². The maximum atomic E-state index is 13.2. The standard InChI is InChI=1S/C15H22F2N2S/c1-2-14-10-19(5-6-20-14)4-3-15(18)11-7-12(16)9-13(17)8-11/h7-9,14-15H,2-6,10,18H2,1H3. The average molecular weight is 300 g/mol. The topological polar surface area (TPSA) is 29.3 Å². The van der Waals surface area contributed by atoms with E-state index in [1.165, 1.54) is 18.6 Å². The van der Waals surface area contributed by atoms with Crippen molar-refractivity contribution in [2.24, 2.45) is 5.73 Å². The van der Waals surface area contributed by atoms with Crippen molar-refractivity contribution in [2.45, 2.75) is 31.1 Å². The van der Waals surface area contributed by atoms with Gasteiger partial charge in [0.25, 0.3) is 0 Å². The predicted octanol–water partition coefficient (Wildman–Crippen LogP) is 3.18. The third-order valence-corrected chi connectivity index (χ3v) is 5.12. The van der Waals surface area contributed by atoms with Gasteiger partial charge in [0.05, 0.1) is 0 Å². The van der Waals surface area contributed by atoms with Crippen LogP contribution in [0.15, 0.2) is 18.2 Å². The number of hydrogen-bond acceptors (Lipinski definition) is 3. The molecule has 0 amide bonds. The van der Waals surface area contributed by atoms with E-state index >= 15 is 0 Å². The van der Waals surface area contributed by atoms with Crippen molar-refractivity contribution < 1.29 is 8.78 Å². The number of nitrogens with two attached hydrogens (primary N) is 1. The summed E-state index contributed by atoms with van der Waals surface area (Å²) in [6, 6.07) is 3.22. The molecule has 1 aromatic rings. The first-order valence-electron chi connectivity index (χ1n) is 7.14. The van der Waals surface area contributed by atoms with Crippen LogP contribution in [0.2, 0.25) is 0 Å². The fourth-order valence-electron chi connectivity index (χ4n) is 2.51. The zero-order chi connectivity index (χ0) is 14.5. The minimum Gasteiger partial charge on any atom is -0.324 e. The first-order chi connectivity index (χ1) is 9.58. The SMILES string of the molecule is CCC1CN(CCC(N)c2cc(F)cc(F)c2)CCS1. The monoisotopic (exact) mass is 300 g/mol. The molecule has 2 atom stereocenters. The summed E-state index contributed by atoms with van der Waals surface area (Å²) in [6.07, 6.45) is 1.91. The Morgan fingerprint density at radius 1 is 1.35 bits per heavy atom. The molecule has 2 N–H and O–H groups in total. The van der Waals surface area contributed by atoms with Crippen molar-refractivity contribution in [3.05, 3.63) is 35.4 Å². The number of halogens is 2. The smallest absolute Gasteiger partial charge is 0.126 e. The molecule has 112 valence electrons. The van der Waals surface area contributed by atoms with Gasteiger partial charge in [-0.1, -0.05) is 6.92 Å². The largest absolute Gasteiger partial charge is 0.324 e. The van der Waals surface area contributed by atoms with Gasteiger partial charge in [-0.15, -0.1) is 0 Å². The van der Waals surface area contributed by atoms with Crippen LogP contribution < -0.4 is 5.73 Å². The third-order valence-electron chi connectivity index (χ3n) is 3.75. The van der Waals surface area contributed by atoms with Crippen LogP contribution in [0.5, 0.6) is 0 Å². The van der Waals surface area contributed by atoms with Crippen molar-refractivity contribution in [2.75, 3.05) is 25.4 Å². The first-order valence-corrected chi connectivity index (χ1v) is 8.19. The molecule has 20 heavy (non-hydrogen) atoms. The van der Waals surface area contributed by atoms with E-state index in [0.29, 0.717) is 10.8 Å². The highest BCUT2D eigenvalue weighted by molar-refractivity contribution is 8.00. The van der Waals surface area contributed by atoms with Gasteiger partial charge in [-0.2, -0.15) is 11.8 Å². The molecule has 1 fully saturated rings. The minimum atomic E-state index is -0.559.